The zero-order valence-corrected chi connectivity index (χ0v) is 17.3. The van der Waals surface area contributed by atoms with Gasteiger partial charge in [0.05, 0.1) is 6.04 Å². The molecule has 1 heterocycles. The summed E-state index contributed by atoms with van der Waals surface area (Å²) in [4.78, 5) is 24.7. The van der Waals surface area contributed by atoms with E-state index < -0.39 is 23.6 Å². The Bertz CT molecular complexity index is 1120. The van der Waals surface area contributed by atoms with E-state index in [0.717, 1.165) is 17.2 Å². The van der Waals surface area contributed by atoms with Crippen LogP contribution in [0.2, 0.25) is 0 Å². The molecule has 7 heteroatoms. The van der Waals surface area contributed by atoms with E-state index in [-0.39, 0.29) is 23.5 Å². The van der Waals surface area contributed by atoms with Crippen molar-refractivity contribution >= 4 is 11.7 Å². The molecule has 1 aliphatic rings. The van der Waals surface area contributed by atoms with Gasteiger partial charge in [0.25, 0.3) is 5.91 Å². The van der Waals surface area contributed by atoms with Crippen LogP contribution in [0, 0.1) is 11.6 Å². The summed E-state index contributed by atoms with van der Waals surface area (Å²) in [5, 5.41) is 9.38. The van der Waals surface area contributed by atoms with Gasteiger partial charge in [0.1, 0.15) is 17.3 Å². The first-order chi connectivity index (χ1) is 14.8. The lowest BCUT2D eigenvalue weighted by atomic mass is 9.97. The number of Topliss-reactive ketones (excluding diaryl/α,β-unsaturated/α-hetero) is 1. The van der Waals surface area contributed by atoms with E-state index in [2.05, 4.69) is 21.2 Å². The average molecular weight is 423 g/mol. The molecular formula is C24H23F2N3O2. The number of amides is 1. The van der Waals surface area contributed by atoms with Gasteiger partial charge >= 0.3 is 0 Å². The molecule has 1 atom stereocenters. The number of nitrogens with one attached hydrogen (secondary N) is 2. The number of allylic oxidation sites excluding steroid dienone is 5. The number of carbonyl (C=O) groups is 2. The molecule has 1 aromatic carbocycles. The number of halogens is 2. The van der Waals surface area contributed by atoms with Crippen molar-refractivity contribution in [2.75, 3.05) is 0 Å². The van der Waals surface area contributed by atoms with Gasteiger partial charge in [0, 0.05) is 18.2 Å². The summed E-state index contributed by atoms with van der Waals surface area (Å²) in [5.74, 6) is -1.97. The molecule has 31 heavy (non-hydrogen) atoms. The lowest BCUT2D eigenvalue weighted by Gasteiger charge is -2.16. The van der Waals surface area contributed by atoms with Gasteiger partial charge in [-0.25, -0.2) is 8.78 Å². The van der Waals surface area contributed by atoms with Crippen molar-refractivity contribution in [3.63, 3.8) is 0 Å². The smallest absolute Gasteiger partial charge is 0.272 e. The number of nitrogens with zero attached hydrogens (tertiary/aromatic N) is 1. The standard InChI is InChI=1S/C24H23F2N3O2/c1-15-6-4-3-5-7-17(15)9-11-22(16(2)30)27-24(31)23-14-20(28-29-23)12-18-8-10-19(25)13-21(18)26/h4-8,10,13-14,22H,9,11-12H2,1-2H3,(H,27,31)(H,28,29)/t22-/m0/s1. The van der Waals surface area contributed by atoms with E-state index in [9.17, 15) is 18.4 Å². The highest BCUT2D eigenvalue weighted by Gasteiger charge is 2.20. The third-order valence-electron chi connectivity index (χ3n) is 5.07. The third-order valence-corrected chi connectivity index (χ3v) is 5.07. The van der Waals surface area contributed by atoms with E-state index in [1.807, 2.05) is 31.2 Å². The molecule has 0 spiro atoms. The fraction of sp³-hybridized carbons (Fsp3) is 0.250. The number of rotatable bonds is 8. The number of aromatic amines is 1. The molecule has 0 fully saturated rings. The van der Waals surface area contributed by atoms with Crippen LogP contribution in [0.5, 0.6) is 0 Å². The van der Waals surface area contributed by atoms with Crippen molar-refractivity contribution in [2.45, 2.75) is 39.2 Å². The summed E-state index contributed by atoms with van der Waals surface area (Å²) in [6, 6.07) is 4.17. The fourth-order valence-electron chi connectivity index (χ4n) is 3.24. The van der Waals surface area contributed by atoms with Crippen molar-refractivity contribution in [3.8, 4) is 0 Å². The Hall–Kier alpha value is -3.57. The van der Waals surface area contributed by atoms with Crippen LogP contribution < -0.4 is 5.32 Å². The Labute approximate surface area is 179 Å². The number of hydrogen-bond donors (Lipinski definition) is 2. The largest absolute Gasteiger partial charge is 0.341 e. The fourth-order valence-corrected chi connectivity index (χ4v) is 3.24. The van der Waals surface area contributed by atoms with Gasteiger partial charge in [-0.15, -0.1) is 5.73 Å². The summed E-state index contributed by atoms with van der Waals surface area (Å²) >= 11 is 0. The number of aromatic nitrogens is 2. The SMILES string of the molecule is CC(=O)[C@H](CCC1=CC=C=CC=C1C)NC(=O)c1cc(Cc2ccc(F)cc2F)[nH]n1. The van der Waals surface area contributed by atoms with Crippen LogP contribution in [0.1, 0.15) is 48.4 Å². The van der Waals surface area contributed by atoms with Gasteiger partial charge in [0.2, 0.25) is 0 Å². The van der Waals surface area contributed by atoms with Crippen LogP contribution in [0.3, 0.4) is 0 Å². The average Bonchev–Trinajstić information content (AvgIpc) is 3.09. The Morgan fingerprint density at radius 1 is 1.19 bits per heavy atom. The van der Waals surface area contributed by atoms with Gasteiger partial charge in [-0.3, -0.25) is 14.7 Å². The molecule has 0 unspecified atom stereocenters. The molecule has 1 amide bonds. The summed E-state index contributed by atoms with van der Waals surface area (Å²) < 4.78 is 26.9. The number of carbonyl (C=O) groups excluding carboxylic acids is 2. The van der Waals surface area contributed by atoms with Gasteiger partial charge in [-0.05, 0) is 67.7 Å². The first kappa shape index (κ1) is 22.1. The quantitative estimate of drug-likeness (QED) is 0.620. The van der Waals surface area contributed by atoms with Crippen LogP contribution in [0.4, 0.5) is 8.78 Å². The Morgan fingerprint density at radius 3 is 2.71 bits per heavy atom. The molecule has 0 bridgehead atoms. The lowest BCUT2D eigenvalue weighted by Crippen LogP contribution is -2.40. The molecule has 3 rings (SSSR count). The van der Waals surface area contributed by atoms with Crippen LogP contribution >= 0.6 is 0 Å². The summed E-state index contributed by atoms with van der Waals surface area (Å²) in [7, 11) is 0. The Morgan fingerprint density at radius 2 is 1.97 bits per heavy atom. The van der Waals surface area contributed by atoms with Gasteiger partial charge < -0.3 is 5.32 Å². The molecule has 0 saturated carbocycles. The Balaban J connectivity index is 1.63. The maximum atomic E-state index is 13.8. The van der Waals surface area contributed by atoms with Crippen LogP contribution in [0.15, 0.2) is 65.4 Å². The topological polar surface area (TPSA) is 74.8 Å². The van der Waals surface area contributed by atoms with Gasteiger partial charge in [-0.1, -0.05) is 18.2 Å². The molecule has 0 saturated heterocycles. The summed E-state index contributed by atoms with van der Waals surface area (Å²) in [5.41, 5.74) is 6.04. The zero-order valence-electron chi connectivity index (χ0n) is 17.3. The van der Waals surface area contributed by atoms with E-state index in [0.29, 0.717) is 18.5 Å². The van der Waals surface area contributed by atoms with E-state index >= 15 is 0 Å². The molecular weight excluding hydrogens is 400 g/mol. The van der Waals surface area contributed by atoms with Crippen LogP contribution in [-0.4, -0.2) is 27.9 Å². The molecule has 5 nitrogen and oxygen atoms in total. The normalized spacial score (nSPS) is 13.9. The molecule has 1 aromatic heterocycles. The maximum Gasteiger partial charge on any atom is 0.272 e. The van der Waals surface area contributed by atoms with Crippen molar-refractivity contribution in [2.24, 2.45) is 0 Å². The first-order valence-corrected chi connectivity index (χ1v) is 9.92. The van der Waals surface area contributed by atoms with Gasteiger partial charge in [0.15, 0.2) is 5.78 Å². The molecule has 0 aliphatic heterocycles. The van der Waals surface area contributed by atoms with Crippen LogP contribution in [-0.2, 0) is 11.2 Å². The lowest BCUT2D eigenvalue weighted by molar-refractivity contribution is -0.118. The van der Waals surface area contributed by atoms with Crippen molar-refractivity contribution in [3.05, 3.63) is 94.0 Å². The van der Waals surface area contributed by atoms with Crippen molar-refractivity contribution in [1.82, 2.24) is 15.5 Å². The first-order valence-electron chi connectivity index (χ1n) is 9.92. The predicted octanol–water partition coefficient (Wildman–Crippen LogP) is 4.34. The summed E-state index contributed by atoms with van der Waals surface area (Å²) in [6.45, 7) is 3.42. The number of hydrogen-bond acceptors (Lipinski definition) is 3. The number of H-pyrrole nitrogens is 1. The molecule has 0 radical (unpaired) electrons. The van der Waals surface area contributed by atoms with E-state index in [4.69, 9.17) is 0 Å². The monoisotopic (exact) mass is 423 g/mol. The maximum absolute atomic E-state index is 13.8. The summed E-state index contributed by atoms with van der Waals surface area (Å²) in [6.07, 6.45) is 8.74. The molecule has 160 valence electrons. The molecule has 2 N–H and O–H groups in total. The third kappa shape index (κ3) is 5.96. The predicted molar refractivity (Wildman–Crippen MR) is 113 cm³/mol. The second-order valence-electron chi connectivity index (χ2n) is 7.41. The molecule has 2 aromatic rings. The number of ketones is 1. The number of benzene rings is 1. The molecule has 1 aliphatic carbocycles. The van der Waals surface area contributed by atoms with E-state index in [1.54, 1.807) is 0 Å². The van der Waals surface area contributed by atoms with E-state index in [1.165, 1.54) is 25.1 Å². The highest BCUT2D eigenvalue weighted by Crippen LogP contribution is 2.19. The second-order valence-corrected chi connectivity index (χ2v) is 7.41. The minimum atomic E-state index is -0.667. The second kappa shape index (κ2) is 9.96. The minimum Gasteiger partial charge on any atom is -0.341 e. The Kier molecular flexibility index (Phi) is 7.11. The van der Waals surface area contributed by atoms with Crippen LogP contribution in [0.25, 0.3) is 0 Å². The van der Waals surface area contributed by atoms with Crippen molar-refractivity contribution in [1.29, 1.82) is 0 Å². The van der Waals surface area contributed by atoms with Gasteiger partial charge in [-0.2, -0.15) is 5.10 Å². The van der Waals surface area contributed by atoms with Crippen molar-refractivity contribution < 1.29 is 18.4 Å². The highest BCUT2D eigenvalue weighted by atomic mass is 19.1. The zero-order chi connectivity index (χ0) is 22.4. The highest BCUT2D eigenvalue weighted by molar-refractivity contribution is 5.96. The minimum absolute atomic E-state index is 0.0978.